The normalized spacial score (nSPS) is 23.1. The van der Waals surface area contributed by atoms with Crippen molar-refractivity contribution in [2.24, 2.45) is 0 Å². The lowest BCUT2D eigenvalue weighted by Crippen LogP contribution is -2.54. The number of phenols is 1. The Morgan fingerprint density at radius 3 is 2.72 bits per heavy atom. The van der Waals surface area contributed by atoms with Gasteiger partial charge in [0.1, 0.15) is 18.3 Å². The second-order valence-electron chi connectivity index (χ2n) is 9.90. The lowest BCUT2D eigenvalue weighted by atomic mass is 10.1. The van der Waals surface area contributed by atoms with Gasteiger partial charge in [-0.2, -0.15) is 0 Å². The van der Waals surface area contributed by atoms with Crippen molar-refractivity contribution >= 4 is 24.1 Å². The fourth-order valence-electron chi connectivity index (χ4n) is 4.63. The molecule has 1 aromatic carbocycles. The van der Waals surface area contributed by atoms with Crippen molar-refractivity contribution in [3.8, 4) is 5.75 Å². The minimum absolute atomic E-state index is 0.104. The minimum Gasteiger partial charge on any atom is -0.508 e. The van der Waals surface area contributed by atoms with Gasteiger partial charge in [0.05, 0.1) is 25.7 Å². The molecule has 216 valence electrons. The lowest BCUT2D eigenvalue weighted by molar-refractivity contribution is -0.138. The zero-order chi connectivity index (χ0) is 28.2. The van der Waals surface area contributed by atoms with Gasteiger partial charge in [-0.15, -0.1) is 0 Å². The molecule has 0 aliphatic carbocycles. The first-order valence-electron chi connectivity index (χ1n) is 13.3. The average Bonchev–Trinajstić information content (AvgIpc) is 2.95. The molecule has 0 aromatic heterocycles. The van der Waals surface area contributed by atoms with E-state index in [-0.39, 0.29) is 30.5 Å². The second kappa shape index (κ2) is 15.5. The summed E-state index contributed by atoms with van der Waals surface area (Å²) in [5, 5.41) is 41.6. The van der Waals surface area contributed by atoms with E-state index in [1.54, 1.807) is 6.07 Å². The van der Waals surface area contributed by atoms with Gasteiger partial charge >= 0.3 is 5.97 Å². The molecule has 7 N–H and O–H groups in total. The molecule has 2 heterocycles. The van der Waals surface area contributed by atoms with Gasteiger partial charge in [0.25, 0.3) is 5.91 Å². The summed E-state index contributed by atoms with van der Waals surface area (Å²) in [6.07, 6.45) is 0.253. The number of carbonyl (C=O) groups excluding carboxylic acids is 3. The number of aromatic hydroxyl groups is 1. The van der Waals surface area contributed by atoms with E-state index >= 15 is 0 Å². The number of nitrogens with one attached hydrogen (secondary N) is 4. The predicted octanol–water partition coefficient (Wildman–Crippen LogP) is -1.08. The topological polar surface area (TPSA) is 190 Å². The number of morpholine rings is 1. The Kier molecular flexibility index (Phi) is 12.1. The number of ether oxygens (including phenoxy) is 1. The van der Waals surface area contributed by atoms with Gasteiger partial charge in [0, 0.05) is 62.4 Å². The Bertz CT molecular complexity index is 987. The van der Waals surface area contributed by atoms with Crippen LogP contribution in [0.2, 0.25) is 0 Å². The molecule has 13 nitrogen and oxygen atoms in total. The van der Waals surface area contributed by atoms with Gasteiger partial charge < -0.3 is 40.8 Å². The van der Waals surface area contributed by atoms with E-state index in [2.05, 4.69) is 26.2 Å². The molecule has 3 rings (SSSR count). The molecule has 1 aromatic rings. The molecule has 0 spiro atoms. The molecule has 39 heavy (non-hydrogen) atoms. The summed E-state index contributed by atoms with van der Waals surface area (Å²) in [6, 6.07) is 2.60. The highest BCUT2D eigenvalue weighted by Gasteiger charge is 2.26. The first kappa shape index (κ1) is 30.4. The first-order valence-corrected chi connectivity index (χ1v) is 13.3. The van der Waals surface area contributed by atoms with E-state index in [0.717, 1.165) is 13.1 Å². The number of aliphatic hydroxyl groups excluding tert-OH is 1. The first-order chi connectivity index (χ1) is 18.7. The summed E-state index contributed by atoms with van der Waals surface area (Å²) in [5.74, 6) is -1.58. The quantitative estimate of drug-likeness (QED) is 0.139. The van der Waals surface area contributed by atoms with Crippen LogP contribution in [-0.2, 0) is 25.7 Å². The van der Waals surface area contributed by atoms with Crippen molar-refractivity contribution in [2.75, 3.05) is 39.4 Å². The van der Waals surface area contributed by atoms with Gasteiger partial charge in [-0.25, -0.2) is 0 Å². The summed E-state index contributed by atoms with van der Waals surface area (Å²) in [6.45, 7) is 3.80. The van der Waals surface area contributed by atoms with E-state index in [0.29, 0.717) is 63.0 Å². The Morgan fingerprint density at radius 1 is 1.23 bits per heavy atom. The summed E-state index contributed by atoms with van der Waals surface area (Å²) in [5.41, 5.74) is 1.00. The maximum atomic E-state index is 13.2. The van der Waals surface area contributed by atoms with Gasteiger partial charge in [0.15, 0.2) is 0 Å². The SMILES string of the molecule is O=C[C@H](CC(=O)O)NC(O)[C@@H]1CCCNC(=O)CCC(NC(=O)c2ccc(O)c(CN3CCOCC3)c2)CN1. The van der Waals surface area contributed by atoms with Crippen LogP contribution in [0, 0.1) is 0 Å². The van der Waals surface area contributed by atoms with Crippen molar-refractivity contribution in [3.05, 3.63) is 29.3 Å². The van der Waals surface area contributed by atoms with Gasteiger partial charge in [-0.1, -0.05) is 0 Å². The number of benzene rings is 1. The van der Waals surface area contributed by atoms with Crippen molar-refractivity contribution in [2.45, 2.75) is 63.0 Å². The molecule has 2 aliphatic heterocycles. The number of hydrogen-bond donors (Lipinski definition) is 7. The summed E-state index contributed by atoms with van der Waals surface area (Å²) < 4.78 is 5.37. The molecule has 2 fully saturated rings. The van der Waals surface area contributed by atoms with Crippen LogP contribution >= 0.6 is 0 Å². The number of nitrogens with zero attached hydrogens (tertiary/aromatic N) is 1. The van der Waals surface area contributed by atoms with Crippen LogP contribution in [0.4, 0.5) is 0 Å². The molecular weight excluding hydrogens is 510 g/mol. The fourth-order valence-corrected chi connectivity index (χ4v) is 4.63. The monoisotopic (exact) mass is 549 g/mol. The predicted molar refractivity (Wildman–Crippen MR) is 140 cm³/mol. The number of aliphatic carboxylic acids is 1. The molecule has 2 unspecified atom stereocenters. The third-order valence-electron chi connectivity index (χ3n) is 6.86. The fraction of sp³-hybridized carbons (Fsp3) is 0.615. The number of carboxylic acids is 1. The highest BCUT2D eigenvalue weighted by molar-refractivity contribution is 5.94. The highest BCUT2D eigenvalue weighted by Crippen LogP contribution is 2.21. The Labute approximate surface area is 227 Å². The van der Waals surface area contributed by atoms with Gasteiger partial charge in [-0.05, 0) is 37.5 Å². The minimum atomic E-state index is -1.23. The van der Waals surface area contributed by atoms with Crippen LogP contribution in [0.3, 0.4) is 0 Å². The number of carboxylic acid groups (broad SMARTS) is 1. The van der Waals surface area contributed by atoms with Crippen LogP contribution in [-0.4, -0.2) is 108 Å². The number of carbonyl (C=O) groups is 4. The van der Waals surface area contributed by atoms with Gasteiger partial charge in [0.2, 0.25) is 5.91 Å². The largest absolute Gasteiger partial charge is 0.508 e. The Hall–Kier alpha value is -3.10. The second-order valence-corrected chi connectivity index (χ2v) is 9.90. The van der Waals surface area contributed by atoms with Gasteiger partial charge in [-0.3, -0.25) is 24.6 Å². The van der Waals surface area contributed by atoms with Crippen LogP contribution in [0.1, 0.15) is 48.0 Å². The average molecular weight is 550 g/mol. The maximum absolute atomic E-state index is 13.2. The number of rotatable bonds is 10. The highest BCUT2D eigenvalue weighted by atomic mass is 16.5. The zero-order valence-electron chi connectivity index (χ0n) is 21.9. The summed E-state index contributed by atoms with van der Waals surface area (Å²) in [4.78, 5) is 49.8. The molecular formula is C26H39N5O8. The van der Waals surface area contributed by atoms with Crippen LogP contribution in [0.5, 0.6) is 5.75 Å². The molecule has 2 amide bonds. The van der Waals surface area contributed by atoms with Crippen LogP contribution in [0.25, 0.3) is 0 Å². The third-order valence-corrected chi connectivity index (χ3v) is 6.86. The standard InChI is InChI=1S/C26H39N5O8/c32-16-20(13-24(35)36)30-26(38)21-2-1-7-27-23(34)6-4-19(14-28-21)29-25(37)17-3-5-22(33)18(12-17)15-31-8-10-39-11-9-31/h3,5,12,16,19-21,26,28,30,33,38H,1-2,4,6-11,13-15H2,(H,27,34)(H,29,37)(H,35,36)/t19?,20-,21-,26?/m0/s1. The van der Waals surface area contributed by atoms with E-state index in [1.807, 2.05) is 0 Å². The lowest BCUT2D eigenvalue weighted by Gasteiger charge is -2.29. The number of aliphatic hydroxyl groups is 1. The van der Waals surface area contributed by atoms with Crippen LogP contribution in [0.15, 0.2) is 18.2 Å². The smallest absolute Gasteiger partial charge is 0.305 e. The van der Waals surface area contributed by atoms with Crippen molar-refractivity contribution in [1.82, 2.24) is 26.2 Å². The number of phenolic OH excluding ortho intramolecular Hbond substituents is 1. The molecule has 0 radical (unpaired) electrons. The van der Waals surface area contributed by atoms with Crippen molar-refractivity contribution < 1.29 is 39.2 Å². The van der Waals surface area contributed by atoms with Crippen molar-refractivity contribution in [3.63, 3.8) is 0 Å². The molecule has 2 saturated heterocycles. The molecule has 0 bridgehead atoms. The molecule has 2 aliphatic rings. The Balaban J connectivity index is 1.66. The van der Waals surface area contributed by atoms with E-state index in [4.69, 9.17) is 9.84 Å². The van der Waals surface area contributed by atoms with E-state index < -0.39 is 36.7 Å². The number of hydrogen-bond acceptors (Lipinski definition) is 10. The zero-order valence-corrected chi connectivity index (χ0v) is 21.9. The summed E-state index contributed by atoms with van der Waals surface area (Å²) in [7, 11) is 0. The molecule has 4 atom stereocenters. The maximum Gasteiger partial charge on any atom is 0.305 e. The third kappa shape index (κ3) is 10.2. The number of amides is 2. The van der Waals surface area contributed by atoms with E-state index in [9.17, 15) is 29.4 Å². The molecule has 13 heteroatoms. The Morgan fingerprint density at radius 2 is 2.00 bits per heavy atom. The van der Waals surface area contributed by atoms with Crippen LogP contribution < -0.4 is 21.3 Å². The van der Waals surface area contributed by atoms with Crippen molar-refractivity contribution in [1.29, 1.82) is 0 Å². The van der Waals surface area contributed by atoms with E-state index in [1.165, 1.54) is 12.1 Å². The number of aldehydes is 1. The summed E-state index contributed by atoms with van der Waals surface area (Å²) >= 11 is 0. The molecule has 0 saturated carbocycles.